The van der Waals surface area contributed by atoms with Gasteiger partial charge in [0.15, 0.2) is 6.54 Å². The van der Waals surface area contributed by atoms with Crippen LogP contribution in [0.1, 0.15) is 18.5 Å². The second-order valence-electron chi connectivity index (χ2n) is 6.85. The molecule has 1 aliphatic heterocycles. The summed E-state index contributed by atoms with van der Waals surface area (Å²) in [5.74, 6) is 0.0796. The maximum Gasteiger partial charge on any atom is 0.278 e. The van der Waals surface area contributed by atoms with E-state index in [1.165, 1.54) is 15.6 Å². The van der Waals surface area contributed by atoms with Crippen molar-refractivity contribution in [2.24, 2.45) is 0 Å². The van der Waals surface area contributed by atoms with E-state index >= 15 is 0 Å². The Kier molecular flexibility index (Phi) is 6.31. The van der Waals surface area contributed by atoms with E-state index in [-0.39, 0.29) is 11.9 Å². The third-order valence-electron chi connectivity index (χ3n) is 5.18. The number of quaternary nitrogens is 1. The van der Waals surface area contributed by atoms with Crippen LogP contribution in [0, 0.1) is 0 Å². The summed E-state index contributed by atoms with van der Waals surface area (Å²) >= 11 is 1.24. The van der Waals surface area contributed by atoms with E-state index < -0.39 is 10.0 Å². The van der Waals surface area contributed by atoms with Crippen molar-refractivity contribution in [3.63, 3.8) is 0 Å². The van der Waals surface area contributed by atoms with Gasteiger partial charge in [-0.3, -0.25) is 4.79 Å². The molecule has 6 nitrogen and oxygen atoms in total. The van der Waals surface area contributed by atoms with Crippen molar-refractivity contribution < 1.29 is 18.1 Å². The highest BCUT2D eigenvalue weighted by atomic mass is 32.2. The highest BCUT2D eigenvalue weighted by Gasteiger charge is 2.32. The minimum atomic E-state index is -3.39. The summed E-state index contributed by atoms with van der Waals surface area (Å²) in [6.07, 6.45) is 0. The Morgan fingerprint density at radius 1 is 1.19 bits per heavy atom. The van der Waals surface area contributed by atoms with E-state index in [9.17, 15) is 13.2 Å². The summed E-state index contributed by atoms with van der Waals surface area (Å²) in [7, 11) is -1.56. The Labute approximate surface area is 165 Å². The maximum absolute atomic E-state index is 12.7. The van der Waals surface area contributed by atoms with E-state index in [0.29, 0.717) is 36.9 Å². The van der Waals surface area contributed by atoms with Gasteiger partial charge in [0.2, 0.25) is 0 Å². The van der Waals surface area contributed by atoms with Crippen LogP contribution in [0.4, 0.5) is 0 Å². The molecular weight excluding hydrogens is 382 g/mol. The second-order valence-corrected chi connectivity index (χ2v) is 9.97. The average Bonchev–Trinajstić information content (AvgIpc) is 3.23. The van der Waals surface area contributed by atoms with Crippen LogP contribution in [0.25, 0.3) is 0 Å². The average molecular weight is 409 g/mol. The van der Waals surface area contributed by atoms with E-state index in [2.05, 4.69) is 0 Å². The van der Waals surface area contributed by atoms with Gasteiger partial charge in [0, 0.05) is 7.05 Å². The van der Waals surface area contributed by atoms with Crippen molar-refractivity contribution in [3.05, 3.63) is 53.4 Å². The first kappa shape index (κ1) is 20.0. The minimum absolute atomic E-state index is 0.0126. The molecule has 2 heterocycles. The number of rotatable bonds is 6. The predicted octanol–water partition coefficient (Wildman–Crippen LogP) is 0.857. The second kappa shape index (κ2) is 8.52. The van der Waals surface area contributed by atoms with Gasteiger partial charge in [0.25, 0.3) is 15.9 Å². The van der Waals surface area contributed by atoms with Gasteiger partial charge in [-0.1, -0.05) is 36.4 Å². The first-order valence-corrected chi connectivity index (χ1v) is 11.4. The number of carbonyl (C=O) groups is 1. The first-order valence-electron chi connectivity index (χ1n) is 9.07. The molecule has 146 valence electrons. The zero-order chi connectivity index (χ0) is 19.4. The summed E-state index contributed by atoms with van der Waals surface area (Å²) in [6, 6.07) is 13.4. The number of likely N-dealkylation sites (N-methyl/N-ethyl adjacent to an activating group) is 1. The van der Waals surface area contributed by atoms with Gasteiger partial charge < -0.3 is 9.80 Å². The molecule has 0 bridgehead atoms. The Bertz CT molecular complexity index is 846. The van der Waals surface area contributed by atoms with Gasteiger partial charge in [0.1, 0.15) is 4.21 Å². The Hall–Kier alpha value is -1.74. The summed E-state index contributed by atoms with van der Waals surface area (Å²) < 4.78 is 27.1. The van der Waals surface area contributed by atoms with Crippen LogP contribution < -0.4 is 4.90 Å². The van der Waals surface area contributed by atoms with E-state index in [1.807, 2.05) is 44.3 Å². The third-order valence-corrected chi connectivity index (χ3v) is 8.45. The number of amides is 1. The van der Waals surface area contributed by atoms with Gasteiger partial charge in [-0.2, -0.15) is 4.31 Å². The van der Waals surface area contributed by atoms with Gasteiger partial charge in [-0.25, -0.2) is 8.42 Å². The lowest BCUT2D eigenvalue weighted by Gasteiger charge is -2.32. The number of hydrogen-bond acceptors (Lipinski definition) is 4. The van der Waals surface area contributed by atoms with Crippen LogP contribution in [0.2, 0.25) is 0 Å². The highest BCUT2D eigenvalue weighted by molar-refractivity contribution is 7.91. The molecule has 1 fully saturated rings. The van der Waals surface area contributed by atoms with Crippen LogP contribution in [0.15, 0.2) is 52.1 Å². The Morgan fingerprint density at radius 3 is 2.44 bits per heavy atom. The minimum Gasteiger partial charge on any atom is -0.334 e. The molecule has 27 heavy (non-hydrogen) atoms. The number of piperazine rings is 1. The largest absolute Gasteiger partial charge is 0.334 e. The topological polar surface area (TPSA) is 62.1 Å². The number of nitrogens with one attached hydrogen (secondary N) is 1. The lowest BCUT2D eigenvalue weighted by molar-refractivity contribution is -0.896. The fourth-order valence-corrected chi connectivity index (χ4v) is 5.85. The molecule has 1 aliphatic rings. The fraction of sp³-hybridized carbons (Fsp3) is 0.421. The van der Waals surface area contributed by atoms with Crippen LogP contribution in [0.5, 0.6) is 0 Å². The van der Waals surface area contributed by atoms with Crippen molar-refractivity contribution in [3.8, 4) is 0 Å². The van der Waals surface area contributed by atoms with Gasteiger partial charge in [-0.15, -0.1) is 11.3 Å². The van der Waals surface area contributed by atoms with Gasteiger partial charge in [-0.05, 0) is 23.9 Å². The van der Waals surface area contributed by atoms with Crippen molar-refractivity contribution in [2.45, 2.75) is 17.2 Å². The molecule has 2 aromatic rings. The standard InChI is InChI=1S/C19H25N3O3S2/c1-16(17-7-4-3-5-8-17)20(2)18(23)15-21-10-12-22(13-11-21)27(24,25)19-9-6-14-26-19/h3-9,14,16H,10-13,15H2,1-2H3/p+1/t16-/m1/s1. The molecule has 1 aromatic heterocycles. The van der Waals surface area contributed by atoms with Gasteiger partial charge in [0.05, 0.1) is 32.2 Å². The molecule has 1 atom stereocenters. The molecule has 0 unspecified atom stereocenters. The van der Waals surface area contributed by atoms with E-state index in [0.717, 1.165) is 10.5 Å². The van der Waals surface area contributed by atoms with Crippen LogP contribution in [-0.4, -0.2) is 63.3 Å². The van der Waals surface area contributed by atoms with E-state index in [4.69, 9.17) is 0 Å². The SMILES string of the molecule is C[C@H](c1ccccc1)N(C)C(=O)C[NH+]1CCN(S(=O)(=O)c2cccs2)CC1. The molecular formula is C19H26N3O3S2+. The van der Waals surface area contributed by atoms with Crippen molar-refractivity contribution in [2.75, 3.05) is 39.8 Å². The maximum atomic E-state index is 12.7. The molecule has 3 rings (SSSR count). The number of hydrogen-bond donors (Lipinski definition) is 1. The molecule has 0 saturated carbocycles. The zero-order valence-electron chi connectivity index (χ0n) is 15.7. The number of nitrogens with zero attached hydrogens (tertiary/aromatic N) is 2. The normalized spacial score (nSPS) is 17.6. The van der Waals surface area contributed by atoms with Crippen molar-refractivity contribution >= 4 is 27.3 Å². The van der Waals surface area contributed by atoms with E-state index in [1.54, 1.807) is 22.4 Å². The molecule has 8 heteroatoms. The van der Waals surface area contributed by atoms with Crippen molar-refractivity contribution in [1.82, 2.24) is 9.21 Å². The lowest BCUT2D eigenvalue weighted by atomic mass is 10.1. The molecule has 0 radical (unpaired) electrons. The Morgan fingerprint density at radius 2 is 1.85 bits per heavy atom. The summed E-state index contributed by atoms with van der Waals surface area (Å²) in [4.78, 5) is 15.6. The number of sulfonamides is 1. The Balaban J connectivity index is 1.54. The van der Waals surface area contributed by atoms with Crippen LogP contribution >= 0.6 is 11.3 Å². The molecule has 1 aromatic carbocycles. The first-order chi connectivity index (χ1) is 12.9. The zero-order valence-corrected chi connectivity index (χ0v) is 17.3. The molecule has 0 spiro atoms. The predicted molar refractivity (Wildman–Crippen MR) is 106 cm³/mol. The number of benzene rings is 1. The molecule has 0 aliphatic carbocycles. The van der Waals surface area contributed by atoms with Crippen LogP contribution in [-0.2, 0) is 14.8 Å². The summed E-state index contributed by atoms with van der Waals surface area (Å²) in [5.41, 5.74) is 1.11. The highest BCUT2D eigenvalue weighted by Crippen LogP contribution is 2.21. The third kappa shape index (κ3) is 4.57. The number of thiophene rings is 1. The molecule has 1 saturated heterocycles. The number of carbonyl (C=O) groups excluding carboxylic acids is 1. The molecule has 1 amide bonds. The summed E-state index contributed by atoms with van der Waals surface area (Å²) in [5, 5.41) is 1.77. The van der Waals surface area contributed by atoms with Crippen molar-refractivity contribution in [1.29, 1.82) is 0 Å². The van der Waals surface area contributed by atoms with Gasteiger partial charge >= 0.3 is 0 Å². The summed E-state index contributed by atoms with van der Waals surface area (Å²) in [6.45, 7) is 4.59. The quantitative estimate of drug-likeness (QED) is 0.771. The smallest absolute Gasteiger partial charge is 0.278 e. The monoisotopic (exact) mass is 408 g/mol. The van der Waals surface area contributed by atoms with Crippen LogP contribution in [0.3, 0.4) is 0 Å². The fourth-order valence-electron chi connectivity index (χ4n) is 3.27. The molecule has 1 N–H and O–H groups in total. The lowest BCUT2D eigenvalue weighted by Crippen LogP contribution is -3.15.